The van der Waals surface area contributed by atoms with Gasteiger partial charge in [0.15, 0.2) is 0 Å². The average molecular weight is 201 g/mol. The van der Waals surface area contributed by atoms with Crippen LogP contribution in [0.15, 0.2) is 0 Å². The second kappa shape index (κ2) is 6.75. The van der Waals surface area contributed by atoms with E-state index in [1.54, 1.807) is 7.11 Å². The molecule has 0 aliphatic carbocycles. The van der Waals surface area contributed by atoms with Gasteiger partial charge in [0.1, 0.15) is 0 Å². The standard InChI is InChI=1S/C9H19N3O2/c1-14-7-4-11-8-9(13)12-5-2-10-3-6-12/h10-11H,2-8H2,1H3. The van der Waals surface area contributed by atoms with Gasteiger partial charge in [0.2, 0.25) is 5.91 Å². The number of nitrogens with one attached hydrogen (secondary N) is 2. The van der Waals surface area contributed by atoms with Gasteiger partial charge >= 0.3 is 0 Å². The van der Waals surface area contributed by atoms with Crippen LogP contribution >= 0.6 is 0 Å². The normalized spacial score (nSPS) is 17.1. The Bertz CT molecular complexity index is 169. The van der Waals surface area contributed by atoms with Crippen LogP contribution in [0.2, 0.25) is 0 Å². The van der Waals surface area contributed by atoms with Crippen molar-refractivity contribution >= 4 is 5.91 Å². The Morgan fingerprint density at radius 3 is 2.86 bits per heavy atom. The summed E-state index contributed by atoms with van der Waals surface area (Å²) in [5.41, 5.74) is 0. The van der Waals surface area contributed by atoms with E-state index in [0.29, 0.717) is 13.2 Å². The molecule has 0 radical (unpaired) electrons. The Kier molecular flexibility index (Phi) is 5.51. The smallest absolute Gasteiger partial charge is 0.236 e. The number of ether oxygens (including phenoxy) is 1. The van der Waals surface area contributed by atoms with E-state index in [2.05, 4.69) is 10.6 Å². The third-order valence-electron chi connectivity index (χ3n) is 2.23. The molecule has 1 aliphatic rings. The molecule has 0 saturated carbocycles. The summed E-state index contributed by atoms with van der Waals surface area (Å²) in [6, 6.07) is 0. The second-order valence-electron chi connectivity index (χ2n) is 3.30. The maximum absolute atomic E-state index is 11.6. The molecule has 1 heterocycles. The molecule has 0 bridgehead atoms. The number of carbonyl (C=O) groups excluding carboxylic acids is 1. The fourth-order valence-corrected chi connectivity index (χ4v) is 1.40. The van der Waals surface area contributed by atoms with E-state index in [-0.39, 0.29) is 5.91 Å². The van der Waals surface area contributed by atoms with E-state index in [0.717, 1.165) is 32.7 Å². The number of nitrogens with zero attached hydrogens (tertiary/aromatic N) is 1. The van der Waals surface area contributed by atoms with Crippen LogP contribution in [0.5, 0.6) is 0 Å². The molecule has 0 unspecified atom stereocenters. The van der Waals surface area contributed by atoms with Crippen molar-refractivity contribution in [3.63, 3.8) is 0 Å². The van der Waals surface area contributed by atoms with Crippen LogP contribution in [0.4, 0.5) is 0 Å². The molecule has 5 nitrogen and oxygen atoms in total. The molecule has 1 rings (SSSR count). The van der Waals surface area contributed by atoms with Crippen molar-refractivity contribution in [2.24, 2.45) is 0 Å². The molecule has 0 aromatic heterocycles. The molecule has 5 heteroatoms. The van der Waals surface area contributed by atoms with Gasteiger partial charge in [0.25, 0.3) is 0 Å². The highest BCUT2D eigenvalue weighted by Crippen LogP contribution is 1.91. The lowest BCUT2D eigenvalue weighted by atomic mass is 10.3. The first-order valence-electron chi connectivity index (χ1n) is 5.02. The molecule has 1 aliphatic heterocycles. The number of methoxy groups -OCH3 is 1. The summed E-state index contributed by atoms with van der Waals surface area (Å²) >= 11 is 0. The van der Waals surface area contributed by atoms with Gasteiger partial charge in [0.05, 0.1) is 13.2 Å². The molecule has 0 spiro atoms. The maximum atomic E-state index is 11.6. The highest BCUT2D eigenvalue weighted by atomic mass is 16.5. The van der Waals surface area contributed by atoms with Crippen molar-refractivity contribution in [1.29, 1.82) is 0 Å². The largest absolute Gasteiger partial charge is 0.383 e. The van der Waals surface area contributed by atoms with Crippen molar-refractivity contribution in [1.82, 2.24) is 15.5 Å². The van der Waals surface area contributed by atoms with Crippen molar-refractivity contribution in [2.45, 2.75) is 0 Å². The molecule has 82 valence electrons. The third-order valence-corrected chi connectivity index (χ3v) is 2.23. The van der Waals surface area contributed by atoms with Crippen LogP contribution in [0, 0.1) is 0 Å². The first-order valence-corrected chi connectivity index (χ1v) is 5.02. The van der Waals surface area contributed by atoms with Crippen LogP contribution < -0.4 is 10.6 Å². The number of amides is 1. The lowest BCUT2D eigenvalue weighted by molar-refractivity contribution is -0.130. The van der Waals surface area contributed by atoms with Crippen LogP contribution in [0.25, 0.3) is 0 Å². The minimum atomic E-state index is 0.183. The van der Waals surface area contributed by atoms with E-state index >= 15 is 0 Å². The summed E-state index contributed by atoms with van der Waals surface area (Å²) in [5, 5.41) is 6.26. The summed E-state index contributed by atoms with van der Waals surface area (Å²) in [6.45, 7) is 5.26. The van der Waals surface area contributed by atoms with Crippen LogP contribution in [0.3, 0.4) is 0 Å². The minimum absolute atomic E-state index is 0.183. The Balaban J connectivity index is 2.07. The lowest BCUT2D eigenvalue weighted by Crippen LogP contribution is -2.49. The van der Waals surface area contributed by atoms with Crippen LogP contribution in [-0.2, 0) is 9.53 Å². The van der Waals surface area contributed by atoms with Gasteiger partial charge in [-0.3, -0.25) is 4.79 Å². The Hall–Kier alpha value is -0.650. The summed E-state index contributed by atoms with van der Waals surface area (Å²) < 4.78 is 4.87. The van der Waals surface area contributed by atoms with Gasteiger partial charge in [-0.05, 0) is 0 Å². The highest BCUT2D eigenvalue weighted by molar-refractivity contribution is 5.78. The summed E-state index contributed by atoms with van der Waals surface area (Å²) in [6.07, 6.45) is 0. The zero-order chi connectivity index (χ0) is 10.2. The van der Waals surface area contributed by atoms with Crippen molar-refractivity contribution < 1.29 is 9.53 Å². The Morgan fingerprint density at radius 2 is 2.21 bits per heavy atom. The molecule has 2 N–H and O–H groups in total. The number of piperazine rings is 1. The second-order valence-corrected chi connectivity index (χ2v) is 3.30. The van der Waals surface area contributed by atoms with E-state index < -0.39 is 0 Å². The van der Waals surface area contributed by atoms with Gasteiger partial charge in [-0.2, -0.15) is 0 Å². The fraction of sp³-hybridized carbons (Fsp3) is 0.889. The van der Waals surface area contributed by atoms with Gasteiger partial charge < -0.3 is 20.3 Å². The molecular formula is C9H19N3O2. The molecule has 1 saturated heterocycles. The summed E-state index contributed by atoms with van der Waals surface area (Å²) in [7, 11) is 1.65. The Labute approximate surface area is 84.8 Å². The first kappa shape index (κ1) is 11.4. The molecule has 1 fully saturated rings. The quantitative estimate of drug-likeness (QED) is 0.540. The molecule has 0 aromatic rings. The number of carbonyl (C=O) groups is 1. The highest BCUT2D eigenvalue weighted by Gasteiger charge is 2.14. The summed E-state index contributed by atoms with van der Waals surface area (Å²) in [5.74, 6) is 0.183. The third kappa shape index (κ3) is 4.04. The van der Waals surface area contributed by atoms with Gasteiger partial charge in [-0.25, -0.2) is 0 Å². The maximum Gasteiger partial charge on any atom is 0.236 e. The van der Waals surface area contributed by atoms with E-state index in [4.69, 9.17) is 4.74 Å². The molecular weight excluding hydrogens is 182 g/mol. The van der Waals surface area contributed by atoms with Crippen LogP contribution in [0.1, 0.15) is 0 Å². The van der Waals surface area contributed by atoms with Crippen molar-refractivity contribution in [3.8, 4) is 0 Å². The molecule has 1 amide bonds. The first-order chi connectivity index (χ1) is 6.84. The zero-order valence-electron chi connectivity index (χ0n) is 8.71. The predicted octanol–water partition coefficient (Wildman–Crippen LogP) is -1.35. The zero-order valence-corrected chi connectivity index (χ0v) is 8.71. The van der Waals surface area contributed by atoms with Crippen molar-refractivity contribution in [2.75, 3.05) is 53.0 Å². The predicted molar refractivity (Wildman–Crippen MR) is 54.2 cm³/mol. The molecule has 0 atom stereocenters. The van der Waals surface area contributed by atoms with E-state index in [1.807, 2.05) is 4.90 Å². The van der Waals surface area contributed by atoms with Gasteiger partial charge in [0, 0.05) is 39.8 Å². The number of rotatable bonds is 5. The minimum Gasteiger partial charge on any atom is -0.383 e. The molecule has 0 aromatic carbocycles. The average Bonchev–Trinajstić information content (AvgIpc) is 2.25. The lowest BCUT2D eigenvalue weighted by Gasteiger charge is -2.27. The number of hydrogen-bond acceptors (Lipinski definition) is 4. The van der Waals surface area contributed by atoms with Crippen molar-refractivity contribution in [3.05, 3.63) is 0 Å². The SMILES string of the molecule is COCCNCC(=O)N1CCNCC1. The monoisotopic (exact) mass is 201 g/mol. The van der Waals surface area contributed by atoms with Gasteiger partial charge in [-0.1, -0.05) is 0 Å². The summed E-state index contributed by atoms with van der Waals surface area (Å²) in [4.78, 5) is 13.4. The number of hydrogen-bond donors (Lipinski definition) is 2. The Morgan fingerprint density at radius 1 is 1.50 bits per heavy atom. The van der Waals surface area contributed by atoms with E-state index in [9.17, 15) is 4.79 Å². The molecule has 14 heavy (non-hydrogen) atoms. The van der Waals surface area contributed by atoms with E-state index in [1.165, 1.54) is 0 Å². The van der Waals surface area contributed by atoms with Crippen LogP contribution in [-0.4, -0.2) is 63.8 Å². The topological polar surface area (TPSA) is 53.6 Å². The van der Waals surface area contributed by atoms with Gasteiger partial charge in [-0.15, -0.1) is 0 Å². The fourth-order valence-electron chi connectivity index (χ4n) is 1.40.